The van der Waals surface area contributed by atoms with Crippen LogP contribution >= 0.6 is 0 Å². The molecule has 2 rings (SSSR count). The summed E-state index contributed by atoms with van der Waals surface area (Å²) in [5.74, 6) is 5.91. The average molecular weight is 294 g/mol. The molecule has 4 N–H and O–H groups in total. The van der Waals surface area contributed by atoms with Gasteiger partial charge in [-0.1, -0.05) is 0 Å². The van der Waals surface area contributed by atoms with E-state index >= 15 is 0 Å². The zero-order valence-corrected chi connectivity index (χ0v) is 11.5. The van der Waals surface area contributed by atoms with Crippen molar-refractivity contribution in [1.82, 2.24) is 4.98 Å². The van der Waals surface area contributed by atoms with E-state index < -0.39 is 10.0 Å². The van der Waals surface area contributed by atoms with Crippen LogP contribution in [-0.2, 0) is 10.0 Å². The second kappa shape index (κ2) is 5.76. The Labute approximate surface area is 116 Å². The van der Waals surface area contributed by atoms with Crippen molar-refractivity contribution >= 4 is 21.4 Å². The highest BCUT2D eigenvalue weighted by Crippen LogP contribution is 2.22. The third-order valence-corrected chi connectivity index (χ3v) is 3.86. The first kappa shape index (κ1) is 14.1. The fourth-order valence-corrected chi connectivity index (χ4v) is 2.74. The number of hydrazine groups is 1. The Balaban J connectivity index is 2.30. The lowest BCUT2D eigenvalue weighted by molar-refractivity contribution is 0.415. The van der Waals surface area contributed by atoms with Crippen molar-refractivity contribution in [1.29, 1.82) is 0 Å². The highest BCUT2D eigenvalue weighted by molar-refractivity contribution is 7.92. The zero-order chi connectivity index (χ0) is 14.6. The first-order valence-electron chi connectivity index (χ1n) is 5.65. The van der Waals surface area contributed by atoms with Crippen LogP contribution in [0.25, 0.3) is 0 Å². The molecule has 0 saturated carbocycles. The van der Waals surface area contributed by atoms with Gasteiger partial charge in [0.2, 0.25) is 5.03 Å². The van der Waals surface area contributed by atoms with Crippen molar-refractivity contribution in [3.05, 3.63) is 42.6 Å². The van der Waals surface area contributed by atoms with E-state index in [0.717, 1.165) is 0 Å². The lowest BCUT2D eigenvalue weighted by atomic mass is 10.3. The summed E-state index contributed by atoms with van der Waals surface area (Å²) in [5.41, 5.74) is 2.92. The van der Waals surface area contributed by atoms with Gasteiger partial charge < -0.3 is 10.2 Å². The Morgan fingerprint density at radius 3 is 2.50 bits per heavy atom. The van der Waals surface area contributed by atoms with Crippen molar-refractivity contribution < 1.29 is 13.2 Å². The summed E-state index contributed by atoms with van der Waals surface area (Å²) in [6, 6.07) is 9.59. The van der Waals surface area contributed by atoms with Gasteiger partial charge in [0.05, 0.1) is 12.8 Å². The second-order valence-electron chi connectivity index (χ2n) is 3.83. The molecule has 2 aromatic rings. The second-order valence-corrected chi connectivity index (χ2v) is 5.43. The van der Waals surface area contributed by atoms with Crippen molar-refractivity contribution in [2.45, 2.75) is 5.03 Å². The van der Waals surface area contributed by atoms with Gasteiger partial charge in [0.1, 0.15) is 5.75 Å². The number of nitrogens with zero attached hydrogens (tertiary/aromatic N) is 1. The summed E-state index contributed by atoms with van der Waals surface area (Å²) in [6.45, 7) is 0. The van der Waals surface area contributed by atoms with Crippen molar-refractivity contribution in [3.8, 4) is 5.75 Å². The number of aromatic nitrogens is 1. The molecule has 1 heterocycles. The molecule has 0 radical (unpaired) electrons. The van der Waals surface area contributed by atoms with E-state index in [1.54, 1.807) is 30.3 Å². The highest BCUT2D eigenvalue weighted by atomic mass is 32.2. The number of hydrogen-bond donors (Lipinski definition) is 3. The Morgan fingerprint density at radius 1 is 1.20 bits per heavy atom. The fourth-order valence-electron chi connectivity index (χ4n) is 1.58. The minimum atomic E-state index is -3.82. The molecule has 7 nitrogen and oxygen atoms in total. The first-order chi connectivity index (χ1) is 9.56. The van der Waals surface area contributed by atoms with Crippen LogP contribution in [0.4, 0.5) is 11.4 Å². The minimum Gasteiger partial charge on any atom is -0.497 e. The molecule has 0 aliphatic heterocycles. The van der Waals surface area contributed by atoms with Gasteiger partial charge in [-0.05, 0) is 36.4 Å². The number of ether oxygens (including phenoxy) is 1. The summed E-state index contributed by atoms with van der Waals surface area (Å²) in [4.78, 5) is 3.83. The van der Waals surface area contributed by atoms with E-state index in [-0.39, 0.29) is 10.7 Å². The molecular formula is C12H14N4O3S. The molecule has 1 aromatic heterocycles. The Hall–Kier alpha value is -2.32. The molecule has 0 spiro atoms. The molecule has 0 saturated heterocycles. The molecule has 1 aromatic carbocycles. The number of methoxy groups -OCH3 is 1. The van der Waals surface area contributed by atoms with Gasteiger partial charge in [0.25, 0.3) is 10.0 Å². The summed E-state index contributed by atoms with van der Waals surface area (Å²) in [6.07, 6.45) is 1.38. The molecule has 0 amide bonds. The maximum absolute atomic E-state index is 12.2. The van der Waals surface area contributed by atoms with Gasteiger partial charge >= 0.3 is 0 Å². The minimum absolute atomic E-state index is 0.168. The van der Waals surface area contributed by atoms with E-state index in [1.165, 1.54) is 19.4 Å². The Morgan fingerprint density at radius 2 is 1.90 bits per heavy atom. The van der Waals surface area contributed by atoms with Crippen LogP contribution in [0.2, 0.25) is 0 Å². The Kier molecular flexibility index (Phi) is 4.06. The number of nitrogen functional groups attached to an aromatic ring is 1. The number of anilines is 2. The third-order valence-electron chi connectivity index (χ3n) is 2.52. The number of nitrogens with one attached hydrogen (secondary N) is 2. The number of sulfonamides is 1. The van der Waals surface area contributed by atoms with E-state index in [0.29, 0.717) is 11.4 Å². The molecule has 0 aliphatic carbocycles. The predicted molar refractivity (Wildman–Crippen MR) is 75.8 cm³/mol. The van der Waals surface area contributed by atoms with E-state index in [1.807, 2.05) is 0 Å². The third kappa shape index (κ3) is 2.98. The maximum atomic E-state index is 12.2. The number of nitrogens with two attached hydrogens (primary N) is 1. The van der Waals surface area contributed by atoms with E-state index in [2.05, 4.69) is 15.1 Å². The van der Waals surface area contributed by atoms with Gasteiger partial charge in [0.15, 0.2) is 0 Å². The first-order valence-corrected chi connectivity index (χ1v) is 7.13. The number of rotatable bonds is 5. The van der Waals surface area contributed by atoms with Gasteiger partial charge in [0, 0.05) is 11.9 Å². The molecule has 20 heavy (non-hydrogen) atoms. The monoisotopic (exact) mass is 294 g/mol. The average Bonchev–Trinajstić information content (AvgIpc) is 2.47. The van der Waals surface area contributed by atoms with Gasteiger partial charge in [-0.25, -0.2) is 4.98 Å². The normalized spacial score (nSPS) is 10.9. The van der Waals surface area contributed by atoms with Gasteiger partial charge in [-0.15, -0.1) is 0 Å². The van der Waals surface area contributed by atoms with E-state index in [9.17, 15) is 8.42 Å². The number of hydrogen-bond acceptors (Lipinski definition) is 6. The lowest BCUT2D eigenvalue weighted by Gasteiger charge is -2.11. The van der Waals surface area contributed by atoms with Gasteiger partial charge in [-0.3, -0.25) is 10.6 Å². The summed E-state index contributed by atoms with van der Waals surface area (Å²) >= 11 is 0. The highest BCUT2D eigenvalue weighted by Gasteiger charge is 2.19. The molecule has 106 valence electrons. The fraction of sp³-hybridized carbons (Fsp3) is 0.0833. The molecule has 0 atom stereocenters. The zero-order valence-electron chi connectivity index (χ0n) is 10.7. The summed E-state index contributed by atoms with van der Waals surface area (Å²) < 4.78 is 31.9. The van der Waals surface area contributed by atoms with Crippen LogP contribution in [0, 0.1) is 0 Å². The molecule has 0 unspecified atom stereocenters. The van der Waals surface area contributed by atoms with Crippen molar-refractivity contribution in [3.63, 3.8) is 0 Å². The predicted octanol–water partition coefficient (Wildman–Crippen LogP) is 1.18. The van der Waals surface area contributed by atoms with Crippen molar-refractivity contribution in [2.75, 3.05) is 17.3 Å². The quantitative estimate of drug-likeness (QED) is 0.564. The maximum Gasteiger partial charge on any atom is 0.281 e. The van der Waals surface area contributed by atoms with Crippen molar-refractivity contribution in [2.24, 2.45) is 5.84 Å². The SMILES string of the molecule is COc1ccc(NS(=O)(=O)c2ncccc2NN)cc1. The standard InChI is InChI=1S/C12H14N4O3S/c1-19-10-6-4-9(5-7-10)16-20(17,18)12-11(15-13)3-2-8-14-12/h2-8,15-16H,13H2,1H3. The summed E-state index contributed by atoms with van der Waals surface area (Å²) in [5, 5.41) is -0.168. The van der Waals surface area contributed by atoms with Crippen LogP contribution < -0.4 is 20.7 Å². The number of pyridine rings is 1. The lowest BCUT2D eigenvalue weighted by Crippen LogP contribution is -2.18. The Bertz CT molecular complexity index is 686. The van der Waals surface area contributed by atoms with Crippen LogP contribution in [-0.4, -0.2) is 20.5 Å². The van der Waals surface area contributed by atoms with Gasteiger partial charge in [-0.2, -0.15) is 8.42 Å². The van der Waals surface area contributed by atoms with E-state index in [4.69, 9.17) is 10.6 Å². The molecule has 0 fully saturated rings. The molecule has 0 bridgehead atoms. The summed E-state index contributed by atoms with van der Waals surface area (Å²) in [7, 11) is -2.29. The largest absolute Gasteiger partial charge is 0.497 e. The molecule has 0 aliphatic rings. The number of benzene rings is 1. The van der Waals surface area contributed by atoms with Crippen LogP contribution in [0.5, 0.6) is 5.75 Å². The van der Waals surface area contributed by atoms with Crippen LogP contribution in [0.1, 0.15) is 0 Å². The van der Waals surface area contributed by atoms with Crippen LogP contribution in [0.15, 0.2) is 47.6 Å². The topological polar surface area (TPSA) is 106 Å². The molecular weight excluding hydrogens is 280 g/mol. The molecule has 8 heteroatoms. The smallest absolute Gasteiger partial charge is 0.281 e. The van der Waals surface area contributed by atoms with Crippen LogP contribution in [0.3, 0.4) is 0 Å².